The summed E-state index contributed by atoms with van der Waals surface area (Å²) in [5.41, 5.74) is 4.77. The zero-order chi connectivity index (χ0) is 30.6. The normalized spacial score (nSPS) is 17.3. The van der Waals surface area contributed by atoms with Gasteiger partial charge in [0.25, 0.3) is 5.95 Å². The van der Waals surface area contributed by atoms with E-state index >= 15 is 0 Å². The lowest BCUT2D eigenvalue weighted by atomic mass is 9.80. The third-order valence-electron chi connectivity index (χ3n) is 8.32. The van der Waals surface area contributed by atoms with Crippen molar-refractivity contribution in [2.24, 2.45) is 11.8 Å². The van der Waals surface area contributed by atoms with Gasteiger partial charge in [0.2, 0.25) is 5.89 Å². The molecule has 1 aromatic heterocycles. The maximum atomic E-state index is 13.6. The van der Waals surface area contributed by atoms with Crippen LogP contribution in [0.5, 0.6) is 0 Å². The fraction of sp³-hybridized carbons (Fsp3) is 0.531. The van der Waals surface area contributed by atoms with Gasteiger partial charge in [-0.2, -0.15) is 18.2 Å². The summed E-state index contributed by atoms with van der Waals surface area (Å²) in [6.45, 7) is 11.8. The topological polar surface area (TPSA) is 82.7 Å². The fourth-order valence-electron chi connectivity index (χ4n) is 6.01. The molecule has 0 unspecified atom stereocenters. The number of hydrogen-bond donors (Lipinski definition) is 1. The molecule has 228 valence electrons. The summed E-state index contributed by atoms with van der Waals surface area (Å²) >= 11 is 0. The maximum absolute atomic E-state index is 13.6. The highest BCUT2D eigenvalue weighted by molar-refractivity contribution is 5.67. The van der Waals surface area contributed by atoms with Gasteiger partial charge >= 0.3 is 12.1 Å². The Hall–Kier alpha value is -3.56. The summed E-state index contributed by atoms with van der Waals surface area (Å²) in [6, 6.07) is 8.44. The Morgan fingerprint density at radius 3 is 2.21 bits per heavy atom. The number of carboxylic acid groups (broad SMARTS) is 1. The lowest BCUT2D eigenvalue weighted by Gasteiger charge is -2.35. The molecule has 1 saturated carbocycles. The number of rotatable bonds is 11. The monoisotopic (exact) mass is 586 g/mol. The molecule has 0 aliphatic heterocycles. The van der Waals surface area contributed by atoms with Crippen LogP contribution in [0.25, 0.3) is 0 Å². The highest BCUT2D eigenvalue weighted by Gasteiger charge is 2.31. The summed E-state index contributed by atoms with van der Waals surface area (Å²) in [6.07, 6.45) is -0.354. The number of carboxylic acids is 1. The molecule has 10 heteroatoms. The van der Waals surface area contributed by atoms with E-state index < -0.39 is 17.7 Å². The van der Waals surface area contributed by atoms with E-state index in [1.54, 1.807) is 19.9 Å². The van der Waals surface area contributed by atoms with Crippen molar-refractivity contribution in [2.45, 2.75) is 86.0 Å². The number of hydrogen-bond acceptors (Lipinski definition) is 6. The van der Waals surface area contributed by atoms with Crippen molar-refractivity contribution in [3.8, 4) is 0 Å². The Balaban J connectivity index is 1.63. The van der Waals surface area contributed by atoms with Gasteiger partial charge < -0.3 is 19.4 Å². The molecule has 0 spiro atoms. The smallest absolute Gasteiger partial charge is 0.416 e. The highest BCUT2D eigenvalue weighted by Crippen LogP contribution is 2.35. The van der Waals surface area contributed by atoms with Crippen molar-refractivity contribution in [1.82, 2.24) is 10.1 Å². The van der Waals surface area contributed by atoms with Crippen LogP contribution in [-0.4, -0.2) is 34.3 Å². The Kier molecular flexibility index (Phi) is 9.84. The van der Waals surface area contributed by atoms with Gasteiger partial charge in [0, 0.05) is 45.2 Å². The van der Waals surface area contributed by atoms with Gasteiger partial charge in [-0.3, -0.25) is 4.79 Å². The average molecular weight is 587 g/mol. The van der Waals surface area contributed by atoms with Crippen molar-refractivity contribution in [2.75, 3.05) is 22.9 Å². The number of aromatic nitrogens is 2. The largest absolute Gasteiger partial charge is 0.481 e. The van der Waals surface area contributed by atoms with Crippen LogP contribution in [0.4, 0.5) is 24.8 Å². The standard InChI is InChI=1S/C32H41F3N4O3/c1-6-38(17-25-9-7-24(8-10-25)16-30(40)41)29-14-22(4)21(3)13-27(29)19-39(31-36-23(5)42-37-31)18-26-11-20(2)12-28(15-26)32(33,34)35/h11-15,24-25H,6-10,16-19H2,1-5H3,(H,40,41). The first kappa shape index (κ1) is 31.4. The third-order valence-corrected chi connectivity index (χ3v) is 8.32. The number of nitrogens with zero attached hydrogens (tertiary/aromatic N) is 4. The van der Waals surface area contributed by atoms with Gasteiger partial charge in [0.15, 0.2) is 0 Å². The minimum absolute atomic E-state index is 0.176. The van der Waals surface area contributed by atoms with Gasteiger partial charge in [-0.1, -0.05) is 17.7 Å². The van der Waals surface area contributed by atoms with Crippen LogP contribution in [-0.2, 0) is 24.1 Å². The van der Waals surface area contributed by atoms with Crippen molar-refractivity contribution in [3.63, 3.8) is 0 Å². The summed E-state index contributed by atoms with van der Waals surface area (Å²) in [4.78, 5) is 19.8. The minimum Gasteiger partial charge on any atom is -0.481 e. The van der Waals surface area contributed by atoms with Crippen LogP contribution in [0.15, 0.2) is 34.9 Å². The molecule has 1 N–H and O–H groups in total. The van der Waals surface area contributed by atoms with E-state index in [2.05, 4.69) is 47.9 Å². The number of aryl methyl sites for hydroxylation is 4. The zero-order valence-corrected chi connectivity index (χ0v) is 25.1. The molecule has 0 saturated heterocycles. The molecule has 3 aromatic rings. The number of halogens is 3. The lowest BCUT2D eigenvalue weighted by Crippen LogP contribution is -2.33. The van der Waals surface area contributed by atoms with E-state index in [0.717, 1.165) is 67.2 Å². The van der Waals surface area contributed by atoms with Crippen molar-refractivity contribution >= 4 is 17.6 Å². The molecular weight excluding hydrogens is 545 g/mol. The maximum Gasteiger partial charge on any atom is 0.416 e. The second-order valence-corrected chi connectivity index (χ2v) is 11.8. The highest BCUT2D eigenvalue weighted by atomic mass is 19.4. The molecule has 0 bridgehead atoms. The lowest BCUT2D eigenvalue weighted by molar-refractivity contribution is -0.139. The Morgan fingerprint density at radius 2 is 1.62 bits per heavy atom. The van der Waals surface area contributed by atoms with Crippen molar-refractivity contribution in [1.29, 1.82) is 0 Å². The van der Waals surface area contributed by atoms with E-state index in [1.807, 2.05) is 4.90 Å². The summed E-state index contributed by atoms with van der Waals surface area (Å²) in [5, 5.41) is 13.3. The molecule has 7 nitrogen and oxygen atoms in total. The summed E-state index contributed by atoms with van der Waals surface area (Å²) in [7, 11) is 0. The first-order valence-electron chi connectivity index (χ1n) is 14.6. The number of anilines is 2. The van der Waals surface area contributed by atoms with E-state index in [-0.39, 0.29) is 18.9 Å². The third kappa shape index (κ3) is 8.04. The van der Waals surface area contributed by atoms with Crippen molar-refractivity contribution < 1.29 is 27.6 Å². The van der Waals surface area contributed by atoms with E-state index in [1.165, 1.54) is 6.07 Å². The molecule has 0 atom stereocenters. The predicted octanol–water partition coefficient (Wildman–Crippen LogP) is 7.64. The molecule has 1 aliphatic rings. The SMILES string of the molecule is CCN(CC1CCC(CC(=O)O)CC1)c1cc(C)c(C)cc1CN(Cc1cc(C)cc(C(F)(F)F)c1)c1noc(C)n1. The molecule has 0 radical (unpaired) electrons. The zero-order valence-electron chi connectivity index (χ0n) is 25.1. The first-order valence-corrected chi connectivity index (χ1v) is 14.6. The Labute approximate surface area is 245 Å². The number of alkyl halides is 3. The number of benzene rings is 2. The summed E-state index contributed by atoms with van der Waals surface area (Å²) in [5.74, 6) is 0.691. The van der Waals surface area contributed by atoms with E-state index in [4.69, 9.17) is 4.52 Å². The Bertz CT molecular complexity index is 1380. The van der Waals surface area contributed by atoms with Crippen LogP contribution in [0.3, 0.4) is 0 Å². The molecule has 0 amide bonds. The molecule has 4 rings (SSSR count). The Morgan fingerprint density at radius 1 is 0.952 bits per heavy atom. The summed E-state index contributed by atoms with van der Waals surface area (Å²) < 4.78 is 46.1. The fourth-order valence-corrected chi connectivity index (χ4v) is 6.01. The van der Waals surface area contributed by atoms with Gasteiger partial charge in [0.05, 0.1) is 5.56 Å². The molecule has 1 aliphatic carbocycles. The number of carbonyl (C=O) groups is 1. The quantitative estimate of drug-likeness (QED) is 0.247. The predicted molar refractivity (Wildman–Crippen MR) is 157 cm³/mol. The van der Waals surface area contributed by atoms with Crippen LogP contribution >= 0.6 is 0 Å². The molecule has 2 aromatic carbocycles. The van der Waals surface area contributed by atoms with Crippen molar-refractivity contribution in [3.05, 3.63) is 69.6 Å². The van der Waals surface area contributed by atoms with Crippen LogP contribution in [0, 0.1) is 39.5 Å². The van der Waals surface area contributed by atoms with E-state index in [9.17, 15) is 23.1 Å². The first-order chi connectivity index (χ1) is 19.8. The molecular formula is C32H41F3N4O3. The molecule has 1 heterocycles. The minimum atomic E-state index is -4.44. The van der Waals surface area contributed by atoms with Gasteiger partial charge in [-0.15, -0.1) is 0 Å². The van der Waals surface area contributed by atoms with Crippen LogP contribution in [0.1, 0.15) is 78.3 Å². The second-order valence-electron chi connectivity index (χ2n) is 11.8. The molecule has 42 heavy (non-hydrogen) atoms. The van der Waals surface area contributed by atoms with Gasteiger partial charge in [-0.05, 0) is 111 Å². The van der Waals surface area contributed by atoms with Crippen LogP contribution in [0.2, 0.25) is 0 Å². The van der Waals surface area contributed by atoms with E-state index in [0.29, 0.717) is 35.4 Å². The van der Waals surface area contributed by atoms with Gasteiger partial charge in [0.1, 0.15) is 0 Å². The second kappa shape index (κ2) is 13.2. The average Bonchev–Trinajstić information content (AvgIpc) is 3.35. The van der Waals surface area contributed by atoms with Gasteiger partial charge in [-0.25, -0.2) is 0 Å². The van der Waals surface area contributed by atoms with Crippen LogP contribution < -0.4 is 9.80 Å². The number of aliphatic carboxylic acids is 1. The molecule has 1 fully saturated rings.